The van der Waals surface area contributed by atoms with E-state index in [1.807, 2.05) is 36.4 Å². The van der Waals surface area contributed by atoms with E-state index in [0.717, 1.165) is 35.1 Å². The van der Waals surface area contributed by atoms with Gasteiger partial charge in [-0.05, 0) is 53.9 Å². The van der Waals surface area contributed by atoms with E-state index in [0.29, 0.717) is 19.5 Å². The minimum absolute atomic E-state index is 0.0156. The molecule has 1 aliphatic heterocycles. The number of aliphatic hydroxyl groups excluding tert-OH is 1. The van der Waals surface area contributed by atoms with Gasteiger partial charge >= 0.3 is 12.1 Å². The summed E-state index contributed by atoms with van der Waals surface area (Å²) in [7, 11) is 0. The van der Waals surface area contributed by atoms with E-state index in [1.54, 1.807) is 4.90 Å². The highest BCUT2D eigenvalue weighted by Gasteiger charge is 2.31. The number of aliphatic hydroxyl groups is 1. The van der Waals surface area contributed by atoms with Crippen molar-refractivity contribution in [1.82, 2.24) is 10.2 Å². The van der Waals surface area contributed by atoms with Crippen LogP contribution in [0.4, 0.5) is 4.79 Å². The SMILES string of the molecule is O=C(O)CCC(NC(=O)OCC1c2ccccc2-c2ccccc21)C(=O)N1CCCC(CO)CC1. The first-order valence-corrected chi connectivity index (χ1v) is 12.2. The van der Waals surface area contributed by atoms with E-state index in [4.69, 9.17) is 9.84 Å². The molecule has 1 aliphatic carbocycles. The molecule has 1 saturated heterocycles. The van der Waals surface area contributed by atoms with Gasteiger partial charge in [0.2, 0.25) is 5.91 Å². The number of aliphatic carboxylic acids is 1. The number of carboxylic acids is 1. The first kappa shape index (κ1) is 24.7. The molecule has 0 aromatic heterocycles. The second-order valence-corrected chi connectivity index (χ2v) is 9.26. The molecule has 2 aromatic rings. The van der Waals surface area contributed by atoms with Crippen molar-refractivity contribution >= 4 is 18.0 Å². The van der Waals surface area contributed by atoms with Gasteiger partial charge in [-0.1, -0.05) is 48.5 Å². The van der Waals surface area contributed by atoms with Crippen molar-refractivity contribution in [2.75, 3.05) is 26.3 Å². The number of fused-ring (bicyclic) bond motifs is 3. The second kappa shape index (κ2) is 11.4. The predicted octanol–water partition coefficient (Wildman–Crippen LogP) is 3.38. The quantitative estimate of drug-likeness (QED) is 0.533. The van der Waals surface area contributed by atoms with Crippen molar-refractivity contribution in [1.29, 1.82) is 0 Å². The Kier molecular flexibility index (Phi) is 8.02. The first-order valence-electron chi connectivity index (χ1n) is 12.2. The van der Waals surface area contributed by atoms with Gasteiger partial charge in [-0.15, -0.1) is 0 Å². The molecule has 0 spiro atoms. The van der Waals surface area contributed by atoms with Gasteiger partial charge in [0, 0.05) is 32.0 Å². The molecule has 3 N–H and O–H groups in total. The van der Waals surface area contributed by atoms with Crippen LogP contribution in [-0.4, -0.2) is 65.4 Å². The van der Waals surface area contributed by atoms with Gasteiger partial charge in [0.25, 0.3) is 0 Å². The van der Waals surface area contributed by atoms with Crippen molar-refractivity contribution in [3.8, 4) is 11.1 Å². The minimum Gasteiger partial charge on any atom is -0.481 e. The van der Waals surface area contributed by atoms with Gasteiger partial charge in [0.1, 0.15) is 12.6 Å². The highest BCUT2D eigenvalue weighted by Crippen LogP contribution is 2.44. The lowest BCUT2D eigenvalue weighted by atomic mass is 9.98. The first-order chi connectivity index (χ1) is 17.0. The van der Waals surface area contributed by atoms with Crippen LogP contribution >= 0.6 is 0 Å². The molecule has 35 heavy (non-hydrogen) atoms. The number of ether oxygens (including phenoxy) is 1. The molecular weight excluding hydrogens is 448 g/mol. The third-order valence-corrected chi connectivity index (χ3v) is 7.00. The van der Waals surface area contributed by atoms with Crippen LogP contribution < -0.4 is 5.32 Å². The highest BCUT2D eigenvalue weighted by atomic mass is 16.5. The Morgan fingerprint density at radius 2 is 1.66 bits per heavy atom. The summed E-state index contributed by atoms with van der Waals surface area (Å²) in [6.07, 6.45) is 1.27. The molecular formula is C27H32N2O6. The molecule has 2 aliphatic rings. The molecule has 0 saturated carbocycles. The summed E-state index contributed by atoms with van der Waals surface area (Å²) in [4.78, 5) is 38.8. The van der Waals surface area contributed by atoms with Gasteiger partial charge in [0.05, 0.1) is 0 Å². The molecule has 2 aromatic carbocycles. The summed E-state index contributed by atoms with van der Waals surface area (Å²) in [5.74, 6) is -1.30. The van der Waals surface area contributed by atoms with Crippen LogP contribution in [0, 0.1) is 5.92 Å². The van der Waals surface area contributed by atoms with Crippen LogP contribution in [0.25, 0.3) is 11.1 Å². The maximum atomic E-state index is 13.2. The zero-order chi connectivity index (χ0) is 24.8. The number of benzene rings is 2. The van der Waals surface area contributed by atoms with Gasteiger partial charge in [-0.25, -0.2) is 4.79 Å². The van der Waals surface area contributed by atoms with Crippen molar-refractivity contribution in [3.05, 3.63) is 59.7 Å². The number of likely N-dealkylation sites (tertiary alicyclic amines) is 1. The standard InChI is InChI=1S/C27H32N2O6/c30-16-18-6-5-14-29(15-13-18)26(33)24(11-12-25(31)32)28-27(34)35-17-23-21-9-3-1-7-19(21)20-8-2-4-10-22(20)23/h1-4,7-10,18,23-24,30H,5-6,11-17H2,(H,28,34)(H,31,32). The molecule has 4 rings (SSSR count). The van der Waals surface area contributed by atoms with Crippen molar-refractivity contribution in [2.45, 2.75) is 44.1 Å². The molecule has 1 heterocycles. The Morgan fingerprint density at radius 3 is 2.29 bits per heavy atom. The number of nitrogens with zero attached hydrogens (tertiary/aromatic N) is 1. The van der Waals surface area contributed by atoms with Gasteiger partial charge < -0.3 is 25.2 Å². The lowest BCUT2D eigenvalue weighted by Gasteiger charge is -2.26. The number of carbonyl (C=O) groups is 3. The van der Waals surface area contributed by atoms with Gasteiger partial charge in [-0.2, -0.15) is 0 Å². The average molecular weight is 481 g/mol. The van der Waals surface area contributed by atoms with E-state index in [9.17, 15) is 19.5 Å². The molecule has 2 atom stereocenters. The summed E-state index contributed by atoms with van der Waals surface area (Å²) < 4.78 is 5.57. The number of hydrogen-bond donors (Lipinski definition) is 3. The summed E-state index contributed by atoms with van der Waals surface area (Å²) in [6.45, 7) is 1.19. The normalized spacial score (nSPS) is 18.2. The number of alkyl carbamates (subject to hydrolysis) is 1. The summed E-state index contributed by atoms with van der Waals surface area (Å²) in [5, 5.41) is 21.2. The number of carboxylic acid groups (broad SMARTS) is 1. The molecule has 0 bridgehead atoms. The Labute approximate surface area is 204 Å². The minimum atomic E-state index is -1.03. The Hall–Kier alpha value is -3.39. The molecule has 8 nitrogen and oxygen atoms in total. The summed E-state index contributed by atoms with van der Waals surface area (Å²) >= 11 is 0. The van der Waals surface area contributed by atoms with E-state index in [1.165, 1.54) is 0 Å². The van der Waals surface area contributed by atoms with E-state index < -0.39 is 18.1 Å². The van der Waals surface area contributed by atoms with E-state index in [-0.39, 0.29) is 43.8 Å². The largest absolute Gasteiger partial charge is 0.481 e. The van der Waals surface area contributed by atoms with Crippen molar-refractivity contribution < 1.29 is 29.3 Å². The summed E-state index contributed by atoms with van der Waals surface area (Å²) in [6, 6.07) is 15.1. The van der Waals surface area contributed by atoms with Crippen molar-refractivity contribution in [2.24, 2.45) is 5.92 Å². The number of rotatable bonds is 8. The predicted molar refractivity (Wildman–Crippen MR) is 130 cm³/mol. The molecule has 2 amide bonds. The van der Waals surface area contributed by atoms with Crippen LogP contribution in [-0.2, 0) is 14.3 Å². The molecule has 2 unspecified atom stereocenters. The van der Waals surface area contributed by atoms with Crippen LogP contribution in [0.3, 0.4) is 0 Å². The fraction of sp³-hybridized carbons (Fsp3) is 0.444. The van der Waals surface area contributed by atoms with Gasteiger partial charge in [0.15, 0.2) is 0 Å². The van der Waals surface area contributed by atoms with Crippen LogP contribution in [0.1, 0.15) is 49.1 Å². The lowest BCUT2D eigenvalue weighted by Crippen LogP contribution is -2.49. The third-order valence-electron chi connectivity index (χ3n) is 7.00. The van der Waals surface area contributed by atoms with Crippen molar-refractivity contribution in [3.63, 3.8) is 0 Å². The maximum absolute atomic E-state index is 13.2. The zero-order valence-corrected chi connectivity index (χ0v) is 19.7. The summed E-state index contributed by atoms with van der Waals surface area (Å²) in [5.41, 5.74) is 4.41. The highest BCUT2D eigenvalue weighted by molar-refractivity contribution is 5.86. The zero-order valence-electron chi connectivity index (χ0n) is 19.7. The molecule has 0 radical (unpaired) electrons. The smallest absolute Gasteiger partial charge is 0.407 e. The number of hydrogen-bond acceptors (Lipinski definition) is 5. The second-order valence-electron chi connectivity index (χ2n) is 9.26. The van der Waals surface area contributed by atoms with E-state index in [2.05, 4.69) is 17.4 Å². The van der Waals surface area contributed by atoms with Crippen LogP contribution in [0.2, 0.25) is 0 Å². The molecule has 186 valence electrons. The topological polar surface area (TPSA) is 116 Å². The Bertz CT molecular complexity index is 1030. The number of amides is 2. The Morgan fingerprint density at radius 1 is 1.00 bits per heavy atom. The lowest BCUT2D eigenvalue weighted by molar-refractivity contribution is -0.138. The molecule has 8 heteroatoms. The third kappa shape index (κ3) is 5.82. The van der Waals surface area contributed by atoms with Crippen LogP contribution in [0.15, 0.2) is 48.5 Å². The number of nitrogens with one attached hydrogen (secondary N) is 1. The Balaban J connectivity index is 1.41. The number of carbonyl (C=O) groups excluding carboxylic acids is 2. The van der Waals surface area contributed by atoms with Gasteiger partial charge in [-0.3, -0.25) is 9.59 Å². The maximum Gasteiger partial charge on any atom is 0.407 e. The van der Waals surface area contributed by atoms with Crippen LogP contribution in [0.5, 0.6) is 0 Å². The van der Waals surface area contributed by atoms with E-state index >= 15 is 0 Å². The monoisotopic (exact) mass is 480 g/mol. The molecule has 1 fully saturated rings. The average Bonchev–Trinajstić information content (AvgIpc) is 3.00. The fourth-order valence-corrected chi connectivity index (χ4v) is 5.10. The fourth-order valence-electron chi connectivity index (χ4n) is 5.10.